The maximum Gasteiger partial charge on any atom is 0.125 e. The van der Waals surface area contributed by atoms with Crippen molar-refractivity contribution in [2.75, 3.05) is 11.9 Å². The average molecular weight is 237 g/mol. The fraction of sp³-hybridized carbons (Fsp3) is 0.500. The van der Waals surface area contributed by atoms with E-state index in [0.29, 0.717) is 4.99 Å². The van der Waals surface area contributed by atoms with Gasteiger partial charge in [-0.25, -0.2) is 4.98 Å². The van der Waals surface area contributed by atoms with Crippen LogP contribution in [0.3, 0.4) is 0 Å². The molecular weight excluding hydrogens is 218 g/mol. The Bertz CT molecular complexity index is 357. The van der Waals surface area contributed by atoms with Crippen molar-refractivity contribution in [1.29, 1.82) is 0 Å². The van der Waals surface area contributed by atoms with Crippen LogP contribution in [0.15, 0.2) is 18.3 Å². The van der Waals surface area contributed by atoms with Crippen molar-refractivity contribution in [2.45, 2.75) is 27.2 Å². The SMILES string of the molecule is CCC(C)(C)CNc1ccc(C(N)=S)cn1. The molecule has 1 rings (SSSR count). The van der Waals surface area contributed by atoms with E-state index >= 15 is 0 Å². The third-order valence-electron chi connectivity index (χ3n) is 2.75. The van der Waals surface area contributed by atoms with Crippen molar-refractivity contribution in [3.8, 4) is 0 Å². The second kappa shape index (κ2) is 5.25. The lowest BCUT2D eigenvalue weighted by atomic mass is 9.90. The molecule has 1 aromatic heterocycles. The molecule has 0 aromatic carbocycles. The summed E-state index contributed by atoms with van der Waals surface area (Å²) in [5.74, 6) is 0.863. The number of nitrogens with zero attached hydrogens (tertiary/aromatic N) is 1. The van der Waals surface area contributed by atoms with E-state index in [-0.39, 0.29) is 5.41 Å². The Morgan fingerprint density at radius 2 is 2.19 bits per heavy atom. The van der Waals surface area contributed by atoms with E-state index in [0.717, 1.165) is 24.3 Å². The van der Waals surface area contributed by atoms with Gasteiger partial charge in [-0.15, -0.1) is 0 Å². The Kier molecular flexibility index (Phi) is 4.24. The molecule has 3 nitrogen and oxygen atoms in total. The first-order valence-electron chi connectivity index (χ1n) is 5.44. The van der Waals surface area contributed by atoms with Crippen LogP contribution in [0, 0.1) is 5.41 Å². The van der Waals surface area contributed by atoms with Gasteiger partial charge in [0.25, 0.3) is 0 Å². The van der Waals surface area contributed by atoms with Crippen LogP contribution in [0.25, 0.3) is 0 Å². The quantitative estimate of drug-likeness (QED) is 0.773. The zero-order chi connectivity index (χ0) is 12.2. The molecule has 88 valence electrons. The van der Waals surface area contributed by atoms with E-state index in [2.05, 4.69) is 31.1 Å². The zero-order valence-electron chi connectivity index (χ0n) is 10.1. The van der Waals surface area contributed by atoms with Crippen molar-refractivity contribution >= 4 is 23.0 Å². The first-order valence-corrected chi connectivity index (χ1v) is 5.85. The summed E-state index contributed by atoms with van der Waals surface area (Å²) < 4.78 is 0. The first-order chi connectivity index (χ1) is 7.44. The number of nitrogens with two attached hydrogens (primary N) is 1. The van der Waals surface area contributed by atoms with Crippen LogP contribution in [0.5, 0.6) is 0 Å². The summed E-state index contributed by atoms with van der Waals surface area (Å²) in [7, 11) is 0. The van der Waals surface area contributed by atoms with Crippen molar-refractivity contribution in [1.82, 2.24) is 4.98 Å². The summed E-state index contributed by atoms with van der Waals surface area (Å²) in [5, 5.41) is 3.31. The van der Waals surface area contributed by atoms with E-state index in [1.807, 2.05) is 12.1 Å². The van der Waals surface area contributed by atoms with Gasteiger partial charge in [-0.05, 0) is 24.0 Å². The largest absolute Gasteiger partial charge is 0.389 e. The van der Waals surface area contributed by atoms with E-state index in [1.54, 1.807) is 6.20 Å². The van der Waals surface area contributed by atoms with Crippen LogP contribution in [0.4, 0.5) is 5.82 Å². The molecule has 0 saturated carbocycles. The lowest BCUT2D eigenvalue weighted by molar-refractivity contribution is 0.376. The molecule has 16 heavy (non-hydrogen) atoms. The van der Waals surface area contributed by atoms with Gasteiger partial charge in [0.1, 0.15) is 10.8 Å². The molecule has 0 amide bonds. The molecule has 0 spiro atoms. The van der Waals surface area contributed by atoms with Crippen LogP contribution in [-0.2, 0) is 0 Å². The van der Waals surface area contributed by atoms with Gasteiger partial charge in [-0.2, -0.15) is 0 Å². The van der Waals surface area contributed by atoms with Crippen molar-refractivity contribution in [3.05, 3.63) is 23.9 Å². The second-order valence-electron chi connectivity index (χ2n) is 4.67. The Balaban J connectivity index is 2.59. The normalized spacial score (nSPS) is 11.2. The summed E-state index contributed by atoms with van der Waals surface area (Å²) in [6, 6.07) is 3.79. The number of aromatic nitrogens is 1. The number of hydrogen-bond acceptors (Lipinski definition) is 3. The smallest absolute Gasteiger partial charge is 0.125 e. The molecule has 0 saturated heterocycles. The fourth-order valence-electron chi connectivity index (χ4n) is 1.10. The Morgan fingerprint density at radius 1 is 1.50 bits per heavy atom. The van der Waals surface area contributed by atoms with Crippen LogP contribution >= 0.6 is 12.2 Å². The fourth-order valence-corrected chi connectivity index (χ4v) is 1.22. The summed E-state index contributed by atoms with van der Waals surface area (Å²) in [4.78, 5) is 4.64. The lowest BCUT2D eigenvalue weighted by Crippen LogP contribution is -2.22. The average Bonchev–Trinajstić information content (AvgIpc) is 2.27. The summed E-state index contributed by atoms with van der Waals surface area (Å²) in [6.45, 7) is 7.54. The van der Waals surface area contributed by atoms with Gasteiger partial charge in [-0.3, -0.25) is 0 Å². The minimum atomic E-state index is 0.281. The molecule has 0 unspecified atom stereocenters. The third kappa shape index (κ3) is 3.77. The predicted octanol–water partition coefficient (Wildman–Crippen LogP) is 2.56. The molecule has 1 aromatic rings. The highest BCUT2D eigenvalue weighted by Gasteiger charge is 2.14. The highest BCUT2D eigenvalue weighted by Crippen LogP contribution is 2.19. The van der Waals surface area contributed by atoms with Crippen LogP contribution < -0.4 is 11.1 Å². The van der Waals surface area contributed by atoms with E-state index in [4.69, 9.17) is 18.0 Å². The maximum absolute atomic E-state index is 5.50. The van der Waals surface area contributed by atoms with E-state index < -0.39 is 0 Å². The molecule has 3 N–H and O–H groups in total. The second-order valence-corrected chi connectivity index (χ2v) is 5.11. The van der Waals surface area contributed by atoms with Gasteiger partial charge in [0, 0.05) is 18.3 Å². The number of pyridine rings is 1. The van der Waals surface area contributed by atoms with Gasteiger partial charge in [0.2, 0.25) is 0 Å². The molecule has 0 aliphatic carbocycles. The minimum Gasteiger partial charge on any atom is -0.389 e. The summed E-state index contributed by atoms with van der Waals surface area (Å²) >= 11 is 4.87. The molecule has 1 heterocycles. The maximum atomic E-state index is 5.50. The summed E-state index contributed by atoms with van der Waals surface area (Å²) in [6.07, 6.45) is 2.83. The van der Waals surface area contributed by atoms with Gasteiger partial charge < -0.3 is 11.1 Å². The number of nitrogens with one attached hydrogen (secondary N) is 1. The number of hydrogen-bond donors (Lipinski definition) is 2. The molecular formula is C12H19N3S. The molecule has 0 aliphatic rings. The van der Waals surface area contributed by atoms with Crippen molar-refractivity contribution in [3.63, 3.8) is 0 Å². The Hall–Kier alpha value is -1.16. The lowest BCUT2D eigenvalue weighted by Gasteiger charge is -2.23. The van der Waals surface area contributed by atoms with Crippen LogP contribution in [0.1, 0.15) is 32.8 Å². The highest BCUT2D eigenvalue weighted by molar-refractivity contribution is 7.80. The first kappa shape index (κ1) is 12.9. The zero-order valence-corrected chi connectivity index (χ0v) is 10.9. The van der Waals surface area contributed by atoms with Gasteiger partial charge in [0.15, 0.2) is 0 Å². The van der Waals surface area contributed by atoms with Gasteiger partial charge in [-0.1, -0.05) is 33.0 Å². The topological polar surface area (TPSA) is 50.9 Å². The van der Waals surface area contributed by atoms with Gasteiger partial charge in [0.05, 0.1) is 0 Å². The van der Waals surface area contributed by atoms with Crippen LogP contribution in [-0.4, -0.2) is 16.5 Å². The van der Waals surface area contributed by atoms with Crippen LogP contribution in [0.2, 0.25) is 0 Å². The number of thiocarbonyl (C=S) groups is 1. The third-order valence-corrected chi connectivity index (χ3v) is 2.99. The molecule has 4 heteroatoms. The molecule has 0 fully saturated rings. The van der Waals surface area contributed by atoms with Crippen molar-refractivity contribution in [2.24, 2.45) is 11.1 Å². The molecule has 0 radical (unpaired) electrons. The monoisotopic (exact) mass is 237 g/mol. The Morgan fingerprint density at radius 3 is 2.62 bits per heavy atom. The predicted molar refractivity (Wildman–Crippen MR) is 72.7 cm³/mol. The highest BCUT2D eigenvalue weighted by atomic mass is 32.1. The number of anilines is 1. The number of rotatable bonds is 5. The van der Waals surface area contributed by atoms with Gasteiger partial charge >= 0.3 is 0 Å². The Labute approximate surface area is 102 Å². The minimum absolute atomic E-state index is 0.281. The molecule has 0 aliphatic heterocycles. The molecule has 0 atom stereocenters. The molecule has 0 bridgehead atoms. The van der Waals surface area contributed by atoms with E-state index in [9.17, 15) is 0 Å². The standard InChI is InChI=1S/C12H19N3S/c1-4-12(2,3)8-15-10-6-5-9(7-14-10)11(13)16/h5-7H,4,8H2,1-3H3,(H2,13,16)(H,14,15). The van der Waals surface area contributed by atoms with Crippen molar-refractivity contribution < 1.29 is 0 Å². The van der Waals surface area contributed by atoms with E-state index in [1.165, 1.54) is 0 Å². The summed E-state index contributed by atoms with van der Waals surface area (Å²) in [5.41, 5.74) is 6.58.